The molecule has 1 aromatic heterocycles. The van der Waals surface area contributed by atoms with Crippen molar-refractivity contribution in [3.63, 3.8) is 0 Å². The summed E-state index contributed by atoms with van der Waals surface area (Å²) >= 11 is 0. The van der Waals surface area contributed by atoms with E-state index in [0.29, 0.717) is 6.54 Å². The minimum absolute atomic E-state index is 0.511. The summed E-state index contributed by atoms with van der Waals surface area (Å²) in [6.45, 7) is 0.511. The van der Waals surface area contributed by atoms with Crippen molar-refractivity contribution < 1.29 is 4.42 Å². The van der Waals surface area contributed by atoms with Gasteiger partial charge in [0.1, 0.15) is 11.2 Å². The van der Waals surface area contributed by atoms with Gasteiger partial charge in [0.2, 0.25) is 0 Å². The molecule has 5 rings (SSSR count). The molecular formula is C25H21NO. The van der Waals surface area contributed by atoms with E-state index in [-0.39, 0.29) is 0 Å². The highest BCUT2D eigenvalue weighted by Crippen LogP contribution is 2.36. The topological polar surface area (TPSA) is 39.2 Å². The first-order valence-electron chi connectivity index (χ1n) is 9.44. The summed E-state index contributed by atoms with van der Waals surface area (Å²) in [5, 5.41) is 2.28. The number of allylic oxidation sites excluding steroid dienone is 4. The Morgan fingerprint density at radius 2 is 1.74 bits per heavy atom. The number of nitrogens with two attached hydrogens (primary N) is 1. The molecule has 2 N–H and O–H groups in total. The Balaban J connectivity index is 1.64. The Morgan fingerprint density at radius 3 is 2.59 bits per heavy atom. The van der Waals surface area contributed by atoms with Gasteiger partial charge < -0.3 is 10.2 Å². The van der Waals surface area contributed by atoms with E-state index >= 15 is 0 Å². The molecule has 0 fully saturated rings. The monoisotopic (exact) mass is 351 g/mol. The maximum Gasteiger partial charge on any atom is 0.135 e. The third-order valence-electron chi connectivity index (χ3n) is 5.39. The number of benzene rings is 3. The van der Waals surface area contributed by atoms with Crippen molar-refractivity contribution in [3.05, 3.63) is 95.6 Å². The summed E-state index contributed by atoms with van der Waals surface area (Å²) in [6.07, 6.45) is 6.81. The van der Waals surface area contributed by atoms with Gasteiger partial charge in [0, 0.05) is 17.3 Å². The summed E-state index contributed by atoms with van der Waals surface area (Å²) in [5.41, 5.74) is 14.1. The average molecular weight is 351 g/mol. The summed E-state index contributed by atoms with van der Waals surface area (Å²) in [4.78, 5) is 0. The molecule has 0 bridgehead atoms. The first-order chi connectivity index (χ1) is 13.3. The Bertz CT molecular complexity index is 1200. The van der Waals surface area contributed by atoms with Crippen LogP contribution in [0.5, 0.6) is 0 Å². The molecular weight excluding hydrogens is 330 g/mol. The highest BCUT2D eigenvalue weighted by Gasteiger charge is 2.13. The maximum absolute atomic E-state index is 6.04. The minimum atomic E-state index is 0.511. The highest BCUT2D eigenvalue weighted by atomic mass is 16.3. The van der Waals surface area contributed by atoms with Gasteiger partial charge >= 0.3 is 0 Å². The molecule has 3 aromatic carbocycles. The van der Waals surface area contributed by atoms with Crippen molar-refractivity contribution in [1.82, 2.24) is 0 Å². The Labute approximate surface area is 158 Å². The molecule has 0 radical (unpaired) electrons. The standard InChI is InChI=1S/C25H21NO/c26-16-21-10-5-11-24-25(21)22-15-20(12-13-23(22)27-24)19-9-4-8-18(14-19)17-6-2-1-3-7-17/h1-3,5-7,9-15H,4,8,16,26H2. The molecule has 1 aliphatic carbocycles. The normalized spacial score (nSPS) is 14.4. The van der Waals surface area contributed by atoms with Crippen molar-refractivity contribution in [1.29, 1.82) is 0 Å². The molecule has 0 atom stereocenters. The van der Waals surface area contributed by atoms with E-state index in [1.165, 1.54) is 22.3 Å². The summed E-state index contributed by atoms with van der Waals surface area (Å²) in [5.74, 6) is 0. The minimum Gasteiger partial charge on any atom is -0.456 e. The van der Waals surface area contributed by atoms with Crippen molar-refractivity contribution in [2.45, 2.75) is 19.4 Å². The molecule has 2 heteroatoms. The average Bonchev–Trinajstić information content (AvgIpc) is 3.12. The first kappa shape index (κ1) is 16.1. The van der Waals surface area contributed by atoms with Crippen LogP contribution in [-0.2, 0) is 6.54 Å². The number of hydrogen-bond acceptors (Lipinski definition) is 2. The van der Waals surface area contributed by atoms with E-state index in [9.17, 15) is 0 Å². The van der Waals surface area contributed by atoms with Gasteiger partial charge in [-0.2, -0.15) is 0 Å². The lowest BCUT2D eigenvalue weighted by atomic mass is 9.90. The fourth-order valence-corrected chi connectivity index (χ4v) is 4.03. The predicted octanol–water partition coefficient (Wildman–Crippen LogP) is 6.31. The van der Waals surface area contributed by atoms with Gasteiger partial charge in [-0.15, -0.1) is 0 Å². The smallest absolute Gasteiger partial charge is 0.135 e. The fourth-order valence-electron chi connectivity index (χ4n) is 4.03. The maximum atomic E-state index is 6.04. The zero-order chi connectivity index (χ0) is 18.2. The van der Waals surface area contributed by atoms with Crippen LogP contribution in [0, 0.1) is 0 Å². The van der Waals surface area contributed by atoms with Crippen LogP contribution in [-0.4, -0.2) is 0 Å². The van der Waals surface area contributed by atoms with Crippen LogP contribution in [0.2, 0.25) is 0 Å². The lowest BCUT2D eigenvalue weighted by Crippen LogP contribution is -1.96. The van der Waals surface area contributed by atoms with Crippen LogP contribution < -0.4 is 5.73 Å². The molecule has 0 amide bonds. The van der Waals surface area contributed by atoms with Crippen molar-refractivity contribution in [2.24, 2.45) is 5.73 Å². The second-order valence-corrected chi connectivity index (χ2v) is 7.04. The quantitative estimate of drug-likeness (QED) is 0.470. The van der Waals surface area contributed by atoms with Gasteiger partial charge in [-0.1, -0.05) is 60.7 Å². The zero-order valence-corrected chi connectivity index (χ0v) is 15.1. The van der Waals surface area contributed by atoms with Gasteiger partial charge in [0.15, 0.2) is 0 Å². The largest absolute Gasteiger partial charge is 0.456 e. The number of furan rings is 1. The molecule has 0 unspecified atom stereocenters. The van der Waals surface area contributed by atoms with Crippen LogP contribution in [0.15, 0.2) is 83.3 Å². The third-order valence-corrected chi connectivity index (χ3v) is 5.39. The number of hydrogen-bond donors (Lipinski definition) is 1. The highest BCUT2D eigenvalue weighted by molar-refractivity contribution is 6.08. The van der Waals surface area contributed by atoms with Crippen LogP contribution in [0.3, 0.4) is 0 Å². The lowest BCUT2D eigenvalue weighted by Gasteiger charge is -2.15. The summed E-state index contributed by atoms with van der Waals surface area (Å²) in [6, 6.07) is 23.2. The molecule has 0 aliphatic heterocycles. The molecule has 1 heterocycles. The van der Waals surface area contributed by atoms with Gasteiger partial charge in [-0.3, -0.25) is 0 Å². The molecule has 2 nitrogen and oxygen atoms in total. The molecule has 0 saturated carbocycles. The molecule has 27 heavy (non-hydrogen) atoms. The zero-order valence-electron chi connectivity index (χ0n) is 15.1. The van der Waals surface area contributed by atoms with Gasteiger partial charge in [-0.25, -0.2) is 0 Å². The molecule has 0 spiro atoms. The number of rotatable bonds is 3. The lowest BCUT2D eigenvalue weighted by molar-refractivity contribution is 0.668. The Hall–Kier alpha value is -3.10. The summed E-state index contributed by atoms with van der Waals surface area (Å²) < 4.78 is 6.04. The van der Waals surface area contributed by atoms with Crippen LogP contribution in [0.25, 0.3) is 33.1 Å². The summed E-state index contributed by atoms with van der Waals surface area (Å²) in [7, 11) is 0. The Morgan fingerprint density at radius 1 is 0.852 bits per heavy atom. The van der Waals surface area contributed by atoms with E-state index < -0.39 is 0 Å². The SMILES string of the molecule is NCc1cccc2oc3ccc(C4=CCCC(c5ccccc5)=C4)cc3c12. The van der Waals surface area contributed by atoms with Crippen molar-refractivity contribution in [2.75, 3.05) is 0 Å². The van der Waals surface area contributed by atoms with Crippen LogP contribution in [0.4, 0.5) is 0 Å². The van der Waals surface area contributed by atoms with E-state index in [1.807, 2.05) is 12.1 Å². The van der Waals surface area contributed by atoms with Gasteiger partial charge in [0.25, 0.3) is 0 Å². The van der Waals surface area contributed by atoms with Crippen LogP contribution in [0.1, 0.15) is 29.5 Å². The second kappa shape index (κ2) is 6.57. The Kier molecular flexibility index (Phi) is 3.92. The molecule has 132 valence electrons. The van der Waals surface area contributed by atoms with E-state index in [4.69, 9.17) is 10.2 Å². The third kappa shape index (κ3) is 2.79. The van der Waals surface area contributed by atoms with E-state index in [1.54, 1.807) is 0 Å². The van der Waals surface area contributed by atoms with E-state index in [0.717, 1.165) is 40.3 Å². The fraction of sp³-hybridized carbons (Fsp3) is 0.120. The molecule has 0 saturated heterocycles. The molecule has 1 aliphatic rings. The van der Waals surface area contributed by atoms with Gasteiger partial charge in [-0.05, 0) is 58.9 Å². The molecule has 4 aromatic rings. The van der Waals surface area contributed by atoms with E-state index in [2.05, 4.69) is 66.7 Å². The van der Waals surface area contributed by atoms with Crippen molar-refractivity contribution >= 4 is 33.1 Å². The predicted molar refractivity (Wildman–Crippen MR) is 113 cm³/mol. The van der Waals surface area contributed by atoms with Crippen LogP contribution >= 0.6 is 0 Å². The number of fused-ring (bicyclic) bond motifs is 3. The second-order valence-electron chi connectivity index (χ2n) is 7.04. The van der Waals surface area contributed by atoms with Gasteiger partial charge in [0.05, 0.1) is 0 Å². The first-order valence-corrected chi connectivity index (χ1v) is 9.44. The van der Waals surface area contributed by atoms with Crippen molar-refractivity contribution in [3.8, 4) is 0 Å².